The van der Waals surface area contributed by atoms with Crippen LogP contribution in [0.4, 0.5) is 17.2 Å². The number of amides is 1. The molecule has 0 N–H and O–H groups in total. The van der Waals surface area contributed by atoms with E-state index in [-0.39, 0.29) is 5.91 Å². The van der Waals surface area contributed by atoms with Crippen LogP contribution in [0.1, 0.15) is 5.56 Å². The molecule has 0 saturated carbocycles. The maximum atomic E-state index is 12.9. The van der Waals surface area contributed by atoms with Crippen LogP contribution in [0, 0.1) is 6.92 Å². The van der Waals surface area contributed by atoms with Crippen molar-refractivity contribution in [3.63, 3.8) is 0 Å². The maximum absolute atomic E-state index is 12.9. The molecular formula is C25H26ClN5O2S. The summed E-state index contributed by atoms with van der Waals surface area (Å²) in [5.41, 5.74) is 3.09. The molecule has 1 fully saturated rings. The molecule has 176 valence electrons. The molecule has 0 aliphatic carbocycles. The van der Waals surface area contributed by atoms with E-state index in [1.165, 1.54) is 11.8 Å². The minimum absolute atomic E-state index is 0.0446. The second kappa shape index (κ2) is 10.1. The molecule has 9 heteroatoms. The van der Waals surface area contributed by atoms with Gasteiger partial charge in [0.15, 0.2) is 5.82 Å². The van der Waals surface area contributed by atoms with E-state index >= 15 is 0 Å². The number of rotatable bonds is 5. The number of piperazine rings is 1. The summed E-state index contributed by atoms with van der Waals surface area (Å²) in [6, 6.07) is 17.8. The third kappa shape index (κ3) is 5.08. The first-order chi connectivity index (χ1) is 16.6. The largest absolute Gasteiger partial charge is 0.490 e. The third-order valence-electron chi connectivity index (χ3n) is 6.03. The fraction of sp³-hybridized carbons (Fsp3) is 0.320. The van der Waals surface area contributed by atoms with E-state index in [4.69, 9.17) is 16.3 Å². The molecule has 1 aromatic heterocycles. The van der Waals surface area contributed by atoms with Crippen molar-refractivity contribution in [2.45, 2.75) is 11.9 Å². The number of aryl methyl sites for hydroxylation is 1. The average Bonchev–Trinajstić information content (AvgIpc) is 2.87. The Morgan fingerprint density at radius 1 is 1.00 bits per heavy atom. The second-order valence-electron chi connectivity index (χ2n) is 8.34. The Hall–Kier alpha value is -2.97. The smallest absolute Gasteiger partial charge is 0.237 e. The molecule has 0 atom stereocenters. The van der Waals surface area contributed by atoms with E-state index in [1.807, 2.05) is 55.5 Å². The Labute approximate surface area is 208 Å². The molecule has 0 spiro atoms. The third-order valence-corrected chi connectivity index (χ3v) is 7.17. The van der Waals surface area contributed by atoms with Crippen LogP contribution < -0.4 is 19.4 Å². The fourth-order valence-corrected chi connectivity index (χ4v) is 5.10. The molecule has 2 aromatic carbocycles. The summed E-state index contributed by atoms with van der Waals surface area (Å²) in [6.07, 6.45) is 0. The predicted octanol–water partition coefficient (Wildman–Crippen LogP) is 4.28. The summed E-state index contributed by atoms with van der Waals surface area (Å²) in [6.45, 7) is 6.60. The highest BCUT2D eigenvalue weighted by Crippen LogP contribution is 2.33. The van der Waals surface area contributed by atoms with Gasteiger partial charge in [-0.15, -0.1) is 10.2 Å². The molecule has 3 heterocycles. The van der Waals surface area contributed by atoms with Gasteiger partial charge < -0.3 is 19.4 Å². The molecular weight excluding hydrogens is 470 g/mol. The van der Waals surface area contributed by atoms with Crippen molar-refractivity contribution in [2.75, 3.05) is 59.8 Å². The van der Waals surface area contributed by atoms with Gasteiger partial charge in [0.2, 0.25) is 5.91 Å². The normalized spacial score (nSPS) is 15.6. The minimum Gasteiger partial charge on any atom is -0.490 e. The zero-order valence-corrected chi connectivity index (χ0v) is 20.6. The number of benzene rings is 2. The number of ether oxygens (including phenoxy) is 1. The van der Waals surface area contributed by atoms with Gasteiger partial charge >= 0.3 is 0 Å². The Balaban J connectivity index is 1.15. The zero-order chi connectivity index (χ0) is 23.5. The lowest BCUT2D eigenvalue weighted by Crippen LogP contribution is -2.46. The van der Waals surface area contributed by atoms with Gasteiger partial charge in [-0.05, 0) is 55.0 Å². The van der Waals surface area contributed by atoms with Gasteiger partial charge in [-0.2, -0.15) is 0 Å². The topological polar surface area (TPSA) is 61.8 Å². The minimum atomic E-state index is 0.0446. The molecule has 7 nitrogen and oxygen atoms in total. The SMILES string of the molecule is Cc1ccc2c(c1)N(C(=O)CSc1ccc(N3CCN(c4cccc(Cl)c4)CC3)nn1)CCO2. The quantitative estimate of drug-likeness (QED) is 0.489. The summed E-state index contributed by atoms with van der Waals surface area (Å²) < 4.78 is 5.69. The zero-order valence-electron chi connectivity index (χ0n) is 19.0. The number of carbonyl (C=O) groups is 1. The van der Waals surface area contributed by atoms with E-state index in [0.717, 1.165) is 64.7 Å². The molecule has 0 unspecified atom stereocenters. The van der Waals surface area contributed by atoms with E-state index in [9.17, 15) is 4.79 Å². The van der Waals surface area contributed by atoms with Crippen LogP contribution in [0.3, 0.4) is 0 Å². The summed E-state index contributed by atoms with van der Waals surface area (Å²) in [4.78, 5) is 19.3. The highest BCUT2D eigenvalue weighted by molar-refractivity contribution is 7.99. The van der Waals surface area contributed by atoms with Crippen molar-refractivity contribution in [1.82, 2.24) is 10.2 Å². The highest BCUT2D eigenvalue weighted by Gasteiger charge is 2.24. The predicted molar refractivity (Wildman–Crippen MR) is 138 cm³/mol. The van der Waals surface area contributed by atoms with Crippen LogP contribution in [0.2, 0.25) is 5.02 Å². The number of anilines is 3. The van der Waals surface area contributed by atoms with Crippen molar-refractivity contribution in [3.05, 3.63) is 65.2 Å². The Bertz CT molecular complexity index is 1170. The molecule has 34 heavy (non-hydrogen) atoms. The first-order valence-corrected chi connectivity index (χ1v) is 12.7. The number of halogens is 1. The van der Waals surface area contributed by atoms with Crippen LogP contribution in [0.5, 0.6) is 5.75 Å². The maximum Gasteiger partial charge on any atom is 0.237 e. The average molecular weight is 496 g/mol. The van der Waals surface area contributed by atoms with Gasteiger partial charge in [0, 0.05) is 36.9 Å². The van der Waals surface area contributed by atoms with Crippen molar-refractivity contribution in [2.24, 2.45) is 0 Å². The van der Waals surface area contributed by atoms with Crippen molar-refractivity contribution in [1.29, 1.82) is 0 Å². The molecule has 0 bridgehead atoms. The van der Waals surface area contributed by atoms with E-state index in [1.54, 1.807) is 4.90 Å². The molecule has 3 aromatic rings. The number of nitrogens with zero attached hydrogens (tertiary/aromatic N) is 5. The first-order valence-electron chi connectivity index (χ1n) is 11.3. The van der Waals surface area contributed by atoms with Crippen LogP contribution in [0.25, 0.3) is 0 Å². The highest BCUT2D eigenvalue weighted by atomic mass is 35.5. The van der Waals surface area contributed by atoms with Gasteiger partial charge in [0.05, 0.1) is 18.0 Å². The Morgan fingerprint density at radius 2 is 1.82 bits per heavy atom. The van der Waals surface area contributed by atoms with E-state index < -0.39 is 0 Å². The van der Waals surface area contributed by atoms with Gasteiger partial charge in [0.25, 0.3) is 0 Å². The lowest BCUT2D eigenvalue weighted by atomic mass is 10.1. The Morgan fingerprint density at radius 3 is 2.59 bits per heavy atom. The summed E-state index contributed by atoms with van der Waals surface area (Å²) >= 11 is 7.55. The van der Waals surface area contributed by atoms with Crippen molar-refractivity contribution >= 4 is 46.5 Å². The Kier molecular flexibility index (Phi) is 6.78. The van der Waals surface area contributed by atoms with Gasteiger partial charge in [-0.1, -0.05) is 35.5 Å². The van der Waals surface area contributed by atoms with Gasteiger partial charge in [0.1, 0.15) is 17.4 Å². The number of thioether (sulfide) groups is 1. The first kappa shape index (κ1) is 22.8. The van der Waals surface area contributed by atoms with Crippen LogP contribution >= 0.6 is 23.4 Å². The molecule has 5 rings (SSSR count). The second-order valence-corrected chi connectivity index (χ2v) is 9.77. The number of carbonyl (C=O) groups excluding carboxylic acids is 1. The lowest BCUT2D eigenvalue weighted by Gasteiger charge is -2.36. The van der Waals surface area contributed by atoms with Crippen LogP contribution in [-0.2, 0) is 4.79 Å². The lowest BCUT2D eigenvalue weighted by molar-refractivity contribution is -0.116. The molecule has 0 radical (unpaired) electrons. The number of fused-ring (bicyclic) bond motifs is 1. The van der Waals surface area contributed by atoms with Crippen molar-refractivity contribution in [3.8, 4) is 5.75 Å². The molecule has 2 aliphatic heterocycles. The summed E-state index contributed by atoms with van der Waals surface area (Å²) in [5.74, 6) is 1.97. The number of hydrogen-bond acceptors (Lipinski definition) is 7. The van der Waals surface area contributed by atoms with Gasteiger partial charge in [-0.3, -0.25) is 4.79 Å². The van der Waals surface area contributed by atoms with Crippen LogP contribution in [0.15, 0.2) is 59.6 Å². The van der Waals surface area contributed by atoms with E-state index in [0.29, 0.717) is 18.9 Å². The van der Waals surface area contributed by atoms with Crippen molar-refractivity contribution < 1.29 is 9.53 Å². The number of aromatic nitrogens is 2. The van der Waals surface area contributed by atoms with Crippen LogP contribution in [-0.4, -0.2) is 61.2 Å². The fourth-order valence-electron chi connectivity index (χ4n) is 4.23. The number of hydrogen-bond donors (Lipinski definition) is 0. The summed E-state index contributed by atoms with van der Waals surface area (Å²) in [5, 5.41) is 10.3. The monoisotopic (exact) mass is 495 g/mol. The summed E-state index contributed by atoms with van der Waals surface area (Å²) in [7, 11) is 0. The standard InChI is InChI=1S/C25H26ClN5O2S/c1-18-5-6-22-21(15-18)31(13-14-33-22)25(32)17-34-24-8-7-23(27-28-24)30-11-9-29(10-12-30)20-4-2-3-19(26)16-20/h2-8,15-16H,9-14,17H2,1H3. The molecule has 2 aliphatic rings. The van der Waals surface area contributed by atoms with Gasteiger partial charge in [-0.25, -0.2) is 0 Å². The molecule has 1 saturated heterocycles. The molecule has 1 amide bonds. The van der Waals surface area contributed by atoms with E-state index in [2.05, 4.69) is 26.1 Å².